The molecule has 2 aromatic carbocycles. The number of para-hydroxylation sites is 2. The van der Waals surface area contributed by atoms with E-state index in [9.17, 15) is 14.7 Å². The number of hydrogen-bond acceptors (Lipinski definition) is 6. The van der Waals surface area contributed by atoms with E-state index in [1.807, 2.05) is 20.8 Å². The number of methoxy groups -OCH3 is 2. The van der Waals surface area contributed by atoms with Crippen molar-refractivity contribution in [1.29, 1.82) is 0 Å². The number of benzene rings is 2. The second-order valence-corrected chi connectivity index (χ2v) is 9.29. The molecule has 3 aromatic rings. The fourth-order valence-electron chi connectivity index (χ4n) is 4.37. The summed E-state index contributed by atoms with van der Waals surface area (Å²) < 4.78 is 11.0. The summed E-state index contributed by atoms with van der Waals surface area (Å²) in [5, 5.41) is 11.5. The summed E-state index contributed by atoms with van der Waals surface area (Å²) in [7, 11) is 3.09. The van der Waals surface area contributed by atoms with E-state index in [1.165, 1.54) is 12.0 Å². The molecule has 1 aliphatic rings. The minimum absolute atomic E-state index is 0.00266. The van der Waals surface area contributed by atoms with Crippen molar-refractivity contribution in [1.82, 2.24) is 4.98 Å². The molecule has 1 unspecified atom stereocenters. The summed E-state index contributed by atoms with van der Waals surface area (Å²) in [5.41, 5.74) is 2.07. The zero-order valence-electron chi connectivity index (χ0n) is 20.4. The molecule has 180 valence electrons. The number of amides is 1. The summed E-state index contributed by atoms with van der Waals surface area (Å²) in [6.45, 7) is 6.10. The van der Waals surface area contributed by atoms with Crippen LogP contribution >= 0.6 is 0 Å². The summed E-state index contributed by atoms with van der Waals surface area (Å²) in [4.78, 5) is 32.2. The third-order valence-electron chi connectivity index (χ3n) is 6.09. The Hall–Kier alpha value is -4.13. The molecule has 0 radical (unpaired) electrons. The number of rotatable bonds is 5. The number of pyridine rings is 1. The van der Waals surface area contributed by atoms with Gasteiger partial charge >= 0.3 is 0 Å². The lowest BCUT2D eigenvalue weighted by molar-refractivity contribution is -0.132. The number of aromatic nitrogens is 1. The van der Waals surface area contributed by atoms with Gasteiger partial charge in [0.1, 0.15) is 17.3 Å². The summed E-state index contributed by atoms with van der Waals surface area (Å²) in [5.74, 6) is -0.663. The van der Waals surface area contributed by atoms with Gasteiger partial charge in [0.2, 0.25) is 0 Å². The lowest BCUT2D eigenvalue weighted by Crippen LogP contribution is -2.29. The molecule has 1 amide bonds. The van der Waals surface area contributed by atoms with Crippen molar-refractivity contribution >= 4 is 23.1 Å². The van der Waals surface area contributed by atoms with E-state index in [2.05, 4.69) is 4.98 Å². The van der Waals surface area contributed by atoms with Gasteiger partial charge in [-0.25, -0.2) is 0 Å². The van der Waals surface area contributed by atoms with E-state index in [0.29, 0.717) is 28.3 Å². The van der Waals surface area contributed by atoms with Crippen LogP contribution < -0.4 is 14.4 Å². The Balaban J connectivity index is 1.97. The molecule has 0 aliphatic carbocycles. The third-order valence-corrected chi connectivity index (χ3v) is 6.09. The monoisotopic (exact) mass is 472 g/mol. The maximum absolute atomic E-state index is 13.4. The molecule has 1 atom stereocenters. The van der Waals surface area contributed by atoms with Crippen molar-refractivity contribution in [2.75, 3.05) is 19.1 Å². The number of aliphatic hydroxyl groups excluding tert-OH is 1. The van der Waals surface area contributed by atoms with Gasteiger partial charge in [0.25, 0.3) is 11.7 Å². The van der Waals surface area contributed by atoms with Crippen LogP contribution in [0.4, 0.5) is 5.69 Å². The van der Waals surface area contributed by atoms with Crippen molar-refractivity contribution in [3.63, 3.8) is 0 Å². The van der Waals surface area contributed by atoms with Gasteiger partial charge in [-0.15, -0.1) is 0 Å². The number of carbonyl (C=O) groups is 2. The normalized spacial score (nSPS) is 17.5. The van der Waals surface area contributed by atoms with E-state index in [1.54, 1.807) is 74.1 Å². The molecule has 0 saturated carbocycles. The van der Waals surface area contributed by atoms with Crippen LogP contribution in [0.5, 0.6) is 11.5 Å². The van der Waals surface area contributed by atoms with Crippen molar-refractivity contribution < 1.29 is 24.2 Å². The van der Waals surface area contributed by atoms with Crippen molar-refractivity contribution in [3.05, 3.63) is 89.3 Å². The van der Waals surface area contributed by atoms with Gasteiger partial charge in [0.15, 0.2) is 0 Å². The smallest absolute Gasteiger partial charge is 0.300 e. The molecule has 1 fully saturated rings. The molecular formula is C28H28N2O5. The van der Waals surface area contributed by atoms with Crippen LogP contribution in [-0.2, 0) is 15.0 Å². The lowest BCUT2D eigenvalue weighted by Gasteiger charge is -2.27. The number of hydrogen-bond donors (Lipinski definition) is 1. The van der Waals surface area contributed by atoms with Gasteiger partial charge in [-0.05, 0) is 53.4 Å². The number of aliphatic hydroxyl groups is 1. The molecule has 7 heteroatoms. The summed E-state index contributed by atoms with van der Waals surface area (Å²) in [6.07, 6.45) is 3.17. The Morgan fingerprint density at radius 2 is 1.60 bits per heavy atom. The van der Waals surface area contributed by atoms with E-state index in [0.717, 1.165) is 5.56 Å². The summed E-state index contributed by atoms with van der Waals surface area (Å²) in [6, 6.07) is 14.8. The van der Waals surface area contributed by atoms with E-state index in [-0.39, 0.29) is 16.7 Å². The average Bonchev–Trinajstić information content (AvgIpc) is 3.13. The number of ether oxygens (including phenoxy) is 2. The number of nitrogens with zero attached hydrogens (tertiary/aromatic N) is 2. The van der Waals surface area contributed by atoms with E-state index < -0.39 is 17.7 Å². The molecule has 0 spiro atoms. The van der Waals surface area contributed by atoms with Crippen LogP contribution in [0.3, 0.4) is 0 Å². The topological polar surface area (TPSA) is 89.0 Å². The van der Waals surface area contributed by atoms with Crippen LogP contribution in [0.15, 0.2) is 72.6 Å². The lowest BCUT2D eigenvalue weighted by atomic mass is 9.84. The quantitative estimate of drug-likeness (QED) is 0.319. The molecule has 7 nitrogen and oxygen atoms in total. The predicted octanol–water partition coefficient (Wildman–Crippen LogP) is 5.02. The van der Waals surface area contributed by atoms with Crippen LogP contribution in [0.25, 0.3) is 5.76 Å². The number of ketones is 1. The Morgan fingerprint density at radius 3 is 2.23 bits per heavy atom. The van der Waals surface area contributed by atoms with Crippen molar-refractivity contribution in [3.8, 4) is 11.5 Å². The maximum atomic E-state index is 13.4. The Bertz CT molecular complexity index is 1310. The minimum Gasteiger partial charge on any atom is -0.507 e. The molecule has 1 aromatic heterocycles. The fourth-order valence-corrected chi connectivity index (χ4v) is 4.37. The molecule has 4 rings (SSSR count). The summed E-state index contributed by atoms with van der Waals surface area (Å²) >= 11 is 0. The highest BCUT2D eigenvalue weighted by molar-refractivity contribution is 6.51. The number of anilines is 1. The van der Waals surface area contributed by atoms with Gasteiger partial charge in [-0.2, -0.15) is 0 Å². The highest BCUT2D eigenvalue weighted by Gasteiger charge is 2.47. The Morgan fingerprint density at radius 1 is 0.943 bits per heavy atom. The van der Waals surface area contributed by atoms with Gasteiger partial charge in [-0.3, -0.25) is 19.5 Å². The predicted molar refractivity (Wildman–Crippen MR) is 134 cm³/mol. The minimum atomic E-state index is -0.866. The van der Waals surface area contributed by atoms with Crippen LogP contribution in [0.1, 0.15) is 43.5 Å². The highest BCUT2D eigenvalue weighted by Crippen LogP contribution is 2.45. The second-order valence-electron chi connectivity index (χ2n) is 9.29. The van der Waals surface area contributed by atoms with E-state index in [4.69, 9.17) is 9.47 Å². The van der Waals surface area contributed by atoms with Crippen LogP contribution in [0.2, 0.25) is 0 Å². The number of carbonyl (C=O) groups excluding carboxylic acids is 2. The first-order valence-electron chi connectivity index (χ1n) is 11.2. The SMILES string of the molecule is COc1ccccc1N1C(=O)C(=O)/C(=C(\O)c2ccc(OC)c(C(C)(C)C)c2)C1c1ccncc1. The molecule has 1 N–H and O–H groups in total. The highest BCUT2D eigenvalue weighted by atomic mass is 16.5. The van der Waals surface area contributed by atoms with Gasteiger partial charge in [0.05, 0.1) is 31.5 Å². The van der Waals surface area contributed by atoms with Crippen LogP contribution in [-0.4, -0.2) is 36.0 Å². The first-order chi connectivity index (χ1) is 16.7. The molecule has 1 saturated heterocycles. The fraction of sp³-hybridized carbons (Fsp3) is 0.250. The van der Waals surface area contributed by atoms with Crippen molar-refractivity contribution in [2.45, 2.75) is 32.2 Å². The van der Waals surface area contributed by atoms with Gasteiger partial charge < -0.3 is 14.6 Å². The zero-order valence-corrected chi connectivity index (χ0v) is 20.4. The van der Waals surface area contributed by atoms with Crippen LogP contribution in [0, 0.1) is 0 Å². The molecular weight excluding hydrogens is 444 g/mol. The average molecular weight is 473 g/mol. The Kier molecular flexibility index (Phi) is 6.35. The standard InChI is InChI=1S/C28H28N2O5/c1-28(2,3)19-16-18(10-11-21(19)34-4)25(31)23-24(17-12-14-29-15-13-17)30(27(33)26(23)32)20-8-6-7-9-22(20)35-5/h6-16,24,31H,1-5H3/b25-23-. The molecule has 0 bridgehead atoms. The van der Waals surface area contributed by atoms with Gasteiger partial charge in [0, 0.05) is 23.5 Å². The largest absolute Gasteiger partial charge is 0.507 e. The van der Waals surface area contributed by atoms with Gasteiger partial charge in [-0.1, -0.05) is 32.9 Å². The molecule has 35 heavy (non-hydrogen) atoms. The first kappa shape index (κ1) is 24.0. The maximum Gasteiger partial charge on any atom is 0.300 e. The molecule has 2 heterocycles. The van der Waals surface area contributed by atoms with E-state index >= 15 is 0 Å². The first-order valence-corrected chi connectivity index (χ1v) is 11.2. The molecule has 1 aliphatic heterocycles. The second kappa shape index (κ2) is 9.25. The zero-order chi connectivity index (χ0) is 25.3. The Labute approximate surface area is 204 Å². The van der Waals surface area contributed by atoms with Crippen molar-refractivity contribution in [2.24, 2.45) is 0 Å². The number of Topliss-reactive ketones (excluding diaryl/α,β-unsaturated/α-hetero) is 1. The third kappa shape index (κ3) is 4.25.